The molecule has 1 aromatic rings. The van der Waals surface area contributed by atoms with E-state index in [1.807, 2.05) is 18.7 Å². The van der Waals surface area contributed by atoms with E-state index in [4.69, 9.17) is 11.6 Å². The summed E-state index contributed by atoms with van der Waals surface area (Å²) in [7, 11) is 0. The van der Waals surface area contributed by atoms with E-state index in [2.05, 4.69) is 4.98 Å². The van der Waals surface area contributed by atoms with Crippen LogP contribution in [-0.4, -0.2) is 22.4 Å². The summed E-state index contributed by atoms with van der Waals surface area (Å²) in [5.74, 6) is 0.0123. The van der Waals surface area contributed by atoms with Crippen molar-refractivity contribution in [3.05, 3.63) is 46.1 Å². The van der Waals surface area contributed by atoms with Crippen LogP contribution in [0.2, 0.25) is 0 Å². The van der Waals surface area contributed by atoms with Crippen molar-refractivity contribution in [3.8, 4) is 0 Å². The van der Waals surface area contributed by atoms with Gasteiger partial charge in [-0.1, -0.05) is 11.6 Å². The highest BCUT2D eigenvalue weighted by atomic mass is 35.5. The Labute approximate surface area is 117 Å². The van der Waals surface area contributed by atoms with Crippen LogP contribution in [0.3, 0.4) is 0 Å². The molecule has 4 nitrogen and oxygen atoms in total. The number of allylic oxidation sites excluding steroid dienone is 2. The summed E-state index contributed by atoms with van der Waals surface area (Å²) in [6, 6.07) is 1.75. The molecule has 0 unspecified atom stereocenters. The number of aryl methyl sites for hydroxylation is 1. The molecule has 1 aromatic heterocycles. The minimum atomic E-state index is -0.0793. The lowest BCUT2D eigenvalue weighted by atomic mass is 10.1. The molecule has 2 heterocycles. The van der Waals surface area contributed by atoms with E-state index in [1.165, 1.54) is 6.92 Å². The predicted molar refractivity (Wildman–Crippen MR) is 75.6 cm³/mol. The minimum Gasteiger partial charge on any atom is -0.507 e. The largest absolute Gasteiger partial charge is 0.507 e. The van der Waals surface area contributed by atoms with Gasteiger partial charge in [0.1, 0.15) is 11.5 Å². The van der Waals surface area contributed by atoms with Crippen LogP contribution in [0, 0.1) is 6.92 Å². The van der Waals surface area contributed by atoms with Gasteiger partial charge in [0, 0.05) is 30.6 Å². The third-order valence-electron chi connectivity index (χ3n) is 3.07. The van der Waals surface area contributed by atoms with Gasteiger partial charge >= 0.3 is 0 Å². The quantitative estimate of drug-likeness (QED) is 0.843. The van der Waals surface area contributed by atoms with Gasteiger partial charge in [0.05, 0.1) is 11.6 Å². The van der Waals surface area contributed by atoms with Gasteiger partial charge in [0.25, 0.3) is 0 Å². The normalized spacial score (nSPS) is 15.6. The number of carbonyl (C=O) groups is 1. The van der Waals surface area contributed by atoms with Crippen molar-refractivity contribution in [1.29, 1.82) is 0 Å². The smallest absolute Gasteiger partial charge is 0.178 e. The molecule has 0 radical (unpaired) electrons. The first-order valence-electron chi connectivity index (χ1n) is 5.91. The fourth-order valence-electron chi connectivity index (χ4n) is 1.97. The molecule has 5 heteroatoms. The number of pyridine rings is 1. The number of ketones is 1. The SMILES string of the molecule is CC(=O)c1cc(N2CC(Cl)=C(O)C=C2C)c(C)cn1. The summed E-state index contributed by atoms with van der Waals surface area (Å²) in [4.78, 5) is 17.5. The zero-order valence-corrected chi connectivity index (χ0v) is 11.8. The minimum absolute atomic E-state index is 0.0793. The van der Waals surface area contributed by atoms with E-state index in [0.29, 0.717) is 17.3 Å². The summed E-state index contributed by atoms with van der Waals surface area (Å²) in [5.41, 5.74) is 3.11. The van der Waals surface area contributed by atoms with E-state index in [0.717, 1.165) is 16.9 Å². The molecule has 100 valence electrons. The maximum Gasteiger partial charge on any atom is 0.178 e. The number of carbonyl (C=O) groups excluding carboxylic acids is 1. The van der Waals surface area contributed by atoms with E-state index in [1.54, 1.807) is 18.3 Å². The Hall–Kier alpha value is -1.81. The first-order valence-corrected chi connectivity index (χ1v) is 6.29. The molecule has 0 atom stereocenters. The molecule has 1 aliphatic rings. The first kappa shape index (κ1) is 13.6. The zero-order chi connectivity index (χ0) is 14.2. The Morgan fingerprint density at radius 2 is 2.16 bits per heavy atom. The second-order valence-electron chi connectivity index (χ2n) is 4.57. The summed E-state index contributed by atoms with van der Waals surface area (Å²) in [5, 5.41) is 9.98. The summed E-state index contributed by atoms with van der Waals surface area (Å²) in [6.45, 7) is 5.68. The molecule has 0 fully saturated rings. The van der Waals surface area contributed by atoms with Gasteiger partial charge in [-0.3, -0.25) is 9.78 Å². The number of aromatic nitrogens is 1. The van der Waals surface area contributed by atoms with Crippen molar-refractivity contribution in [1.82, 2.24) is 4.98 Å². The topological polar surface area (TPSA) is 53.4 Å². The molecule has 0 saturated heterocycles. The number of rotatable bonds is 2. The second-order valence-corrected chi connectivity index (χ2v) is 5.03. The molecule has 1 N–H and O–H groups in total. The summed E-state index contributed by atoms with van der Waals surface area (Å²) in [6.07, 6.45) is 3.28. The number of anilines is 1. The monoisotopic (exact) mass is 278 g/mol. The highest BCUT2D eigenvalue weighted by Gasteiger charge is 2.20. The van der Waals surface area contributed by atoms with Crippen LogP contribution in [0.15, 0.2) is 34.8 Å². The van der Waals surface area contributed by atoms with Gasteiger partial charge in [-0.2, -0.15) is 0 Å². The number of hydrogen-bond donors (Lipinski definition) is 1. The Kier molecular flexibility index (Phi) is 3.62. The highest BCUT2D eigenvalue weighted by molar-refractivity contribution is 6.30. The summed E-state index contributed by atoms with van der Waals surface area (Å²) >= 11 is 5.99. The number of Topliss-reactive ketones (excluding diaryl/α,β-unsaturated/α-hetero) is 1. The van der Waals surface area contributed by atoms with E-state index in [9.17, 15) is 9.90 Å². The van der Waals surface area contributed by atoms with Crippen molar-refractivity contribution in [2.45, 2.75) is 20.8 Å². The lowest BCUT2D eigenvalue weighted by molar-refractivity contribution is 0.101. The molecule has 0 amide bonds. The Balaban J connectivity index is 2.46. The molecule has 0 aromatic carbocycles. The molecule has 2 rings (SSSR count). The van der Waals surface area contributed by atoms with Gasteiger partial charge < -0.3 is 10.0 Å². The molecule has 0 bridgehead atoms. The fourth-order valence-corrected chi connectivity index (χ4v) is 2.14. The first-order chi connectivity index (χ1) is 8.90. The predicted octanol–water partition coefficient (Wildman–Crippen LogP) is 3.32. The summed E-state index contributed by atoms with van der Waals surface area (Å²) < 4.78 is 0. The molecular formula is C14H15ClN2O2. The zero-order valence-electron chi connectivity index (χ0n) is 11.1. The van der Waals surface area contributed by atoms with Crippen LogP contribution in [-0.2, 0) is 0 Å². The van der Waals surface area contributed by atoms with Crippen molar-refractivity contribution in [3.63, 3.8) is 0 Å². The van der Waals surface area contributed by atoms with E-state index in [-0.39, 0.29) is 11.5 Å². The van der Waals surface area contributed by atoms with Gasteiger partial charge in [-0.15, -0.1) is 0 Å². The van der Waals surface area contributed by atoms with E-state index < -0.39 is 0 Å². The number of nitrogens with zero attached hydrogens (tertiary/aromatic N) is 2. The van der Waals surface area contributed by atoms with Gasteiger partial charge in [-0.05, 0) is 25.5 Å². The molecule has 1 aliphatic heterocycles. The van der Waals surface area contributed by atoms with Crippen LogP contribution in [0.1, 0.15) is 29.9 Å². The van der Waals surface area contributed by atoms with Crippen molar-refractivity contribution in [2.75, 3.05) is 11.4 Å². The third kappa shape index (κ3) is 2.63. The van der Waals surface area contributed by atoms with Crippen LogP contribution in [0.25, 0.3) is 0 Å². The van der Waals surface area contributed by atoms with Crippen LogP contribution >= 0.6 is 11.6 Å². The average molecular weight is 279 g/mol. The van der Waals surface area contributed by atoms with Crippen molar-refractivity contribution >= 4 is 23.1 Å². The fraction of sp³-hybridized carbons (Fsp3) is 0.286. The lowest BCUT2D eigenvalue weighted by Crippen LogP contribution is -2.27. The number of halogens is 1. The standard InChI is InChI=1S/C14H15ClN2O2/c1-8-6-16-12(10(3)18)5-13(8)17-7-11(15)14(19)4-9(17)2/h4-6,19H,7H2,1-3H3. The second kappa shape index (κ2) is 5.05. The van der Waals surface area contributed by atoms with Gasteiger partial charge in [0.15, 0.2) is 5.78 Å². The van der Waals surface area contributed by atoms with Crippen LogP contribution < -0.4 is 4.90 Å². The van der Waals surface area contributed by atoms with E-state index >= 15 is 0 Å². The molecule has 0 saturated carbocycles. The molecule has 0 spiro atoms. The maximum absolute atomic E-state index is 11.4. The maximum atomic E-state index is 11.4. The molecule has 0 aliphatic carbocycles. The molecule has 19 heavy (non-hydrogen) atoms. The Morgan fingerprint density at radius 3 is 2.79 bits per heavy atom. The number of hydrogen-bond acceptors (Lipinski definition) is 4. The lowest BCUT2D eigenvalue weighted by Gasteiger charge is -2.29. The number of aliphatic hydroxyl groups excluding tert-OH is 1. The third-order valence-corrected chi connectivity index (χ3v) is 3.39. The number of aliphatic hydroxyl groups is 1. The Bertz CT molecular complexity index is 605. The molecular weight excluding hydrogens is 264 g/mol. The van der Waals surface area contributed by atoms with Gasteiger partial charge in [0.2, 0.25) is 0 Å². The Morgan fingerprint density at radius 1 is 1.47 bits per heavy atom. The van der Waals surface area contributed by atoms with Crippen molar-refractivity contribution in [2.24, 2.45) is 0 Å². The van der Waals surface area contributed by atoms with Crippen molar-refractivity contribution < 1.29 is 9.90 Å². The highest BCUT2D eigenvalue weighted by Crippen LogP contribution is 2.30. The van der Waals surface area contributed by atoms with Crippen LogP contribution in [0.4, 0.5) is 5.69 Å². The van der Waals surface area contributed by atoms with Crippen LogP contribution in [0.5, 0.6) is 0 Å². The van der Waals surface area contributed by atoms with Gasteiger partial charge in [-0.25, -0.2) is 0 Å². The average Bonchev–Trinajstić information content (AvgIpc) is 2.34.